The van der Waals surface area contributed by atoms with Gasteiger partial charge in [0, 0.05) is 19.4 Å². The number of allylic oxidation sites excluding steroid dienone is 4. The maximum Gasteiger partial charge on any atom is 0.259 e. The Morgan fingerprint density at radius 2 is 1.41 bits per heavy atom. The average molecular weight is 647 g/mol. The Balaban J connectivity index is 1.86. The number of amides is 2. The van der Waals surface area contributed by atoms with Crippen molar-refractivity contribution in [3.63, 3.8) is 0 Å². The highest BCUT2D eigenvalue weighted by atomic mass is 32.1. The van der Waals surface area contributed by atoms with E-state index in [1.165, 1.54) is 22.7 Å². The first-order chi connectivity index (χ1) is 21.4. The van der Waals surface area contributed by atoms with Gasteiger partial charge in [-0.3, -0.25) is 20.2 Å². The minimum Gasteiger partial charge on any atom is -0.371 e. The van der Waals surface area contributed by atoms with Crippen molar-refractivity contribution in [2.24, 2.45) is 0 Å². The number of carbonyl (C=O) groups is 2. The molecule has 2 atom stereocenters. The lowest BCUT2D eigenvalue weighted by atomic mass is 10.1. The number of anilines is 2. The van der Waals surface area contributed by atoms with Gasteiger partial charge in [0.15, 0.2) is 12.2 Å². The molecule has 14 heteroatoms. The third-order valence-corrected chi connectivity index (χ3v) is 7.68. The van der Waals surface area contributed by atoms with Gasteiger partial charge in [-0.15, -0.1) is 20.4 Å². The van der Waals surface area contributed by atoms with Crippen LogP contribution in [0.5, 0.6) is 0 Å². The summed E-state index contributed by atoms with van der Waals surface area (Å²) >= 11 is 2.63. The number of hydrogen-bond acceptors (Lipinski definition) is 12. The monoisotopic (exact) mass is 646 g/mol. The molecule has 44 heavy (non-hydrogen) atoms. The van der Waals surface area contributed by atoms with Crippen LogP contribution in [0.4, 0.5) is 10.3 Å². The largest absolute Gasteiger partial charge is 0.371 e. The topological polar surface area (TPSA) is 158 Å². The van der Waals surface area contributed by atoms with Crippen LogP contribution in [0.2, 0.25) is 0 Å². The predicted molar refractivity (Wildman–Crippen MR) is 174 cm³/mol. The molecule has 3 N–H and O–H groups in total. The van der Waals surface area contributed by atoms with E-state index in [2.05, 4.69) is 44.2 Å². The first-order valence-corrected chi connectivity index (χ1v) is 16.0. The fraction of sp³-hybridized carbons (Fsp3) is 0.467. The molecule has 2 aromatic heterocycles. The summed E-state index contributed by atoms with van der Waals surface area (Å²) in [5.74, 6) is -0.724. The van der Waals surface area contributed by atoms with Crippen molar-refractivity contribution in [2.75, 3.05) is 37.2 Å². The van der Waals surface area contributed by atoms with Gasteiger partial charge in [0.1, 0.15) is 16.8 Å². The van der Waals surface area contributed by atoms with E-state index in [1.54, 1.807) is 31.2 Å². The number of aliphatic hydroxyl groups is 1. The molecule has 0 bridgehead atoms. The van der Waals surface area contributed by atoms with E-state index in [0.717, 1.165) is 29.3 Å². The van der Waals surface area contributed by atoms with Crippen LogP contribution in [-0.2, 0) is 36.6 Å². The van der Waals surface area contributed by atoms with Crippen LogP contribution in [0.25, 0.3) is 0 Å². The summed E-state index contributed by atoms with van der Waals surface area (Å²) < 4.78 is 16.3. The maximum atomic E-state index is 13.0. The highest BCUT2D eigenvalue weighted by Crippen LogP contribution is 2.22. The standard InChI is InChI=1S/C30H42N6O6S2/c1-6-11-14-22(10-5)26(41-17-7-2)28(39)32-30-36-34-24(44-30)16-13-12-15-23-33-35-29(43-23)31-27(38)25(21(8-3)9-4)42-19-18-40-20-37/h6,8-11,14,25-26,37H,3,5,7,12-13,15-20H2,1-2,4H3,(H,31,35,38)(H,32,36,39)/b11-6-,21-9+,22-14+. The molecule has 0 aliphatic heterocycles. The molecule has 0 spiro atoms. The minimum atomic E-state index is -0.901. The van der Waals surface area contributed by atoms with Gasteiger partial charge in [-0.2, -0.15) is 0 Å². The third kappa shape index (κ3) is 12.7. The minimum absolute atomic E-state index is 0.117. The molecule has 12 nitrogen and oxygen atoms in total. The number of ether oxygens (including phenoxy) is 3. The van der Waals surface area contributed by atoms with Crippen molar-refractivity contribution >= 4 is 44.8 Å². The summed E-state index contributed by atoms with van der Waals surface area (Å²) in [6, 6.07) is 0. The van der Waals surface area contributed by atoms with E-state index in [0.29, 0.717) is 40.9 Å². The van der Waals surface area contributed by atoms with Crippen molar-refractivity contribution in [3.8, 4) is 0 Å². The van der Waals surface area contributed by atoms with Gasteiger partial charge in [-0.25, -0.2) is 0 Å². The number of carbonyl (C=O) groups excluding carboxylic acids is 2. The van der Waals surface area contributed by atoms with Crippen LogP contribution < -0.4 is 10.6 Å². The van der Waals surface area contributed by atoms with Crippen LogP contribution in [0.1, 0.15) is 50.0 Å². The second-order valence-corrected chi connectivity index (χ2v) is 11.2. The van der Waals surface area contributed by atoms with Crippen LogP contribution in [0.15, 0.2) is 60.8 Å². The van der Waals surface area contributed by atoms with Crippen molar-refractivity contribution in [3.05, 3.63) is 70.8 Å². The summed E-state index contributed by atoms with van der Waals surface area (Å²) in [5, 5.41) is 33.3. The van der Waals surface area contributed by atoms with Crippen molar-refractivity contribution in [1.29, 1.82) is 0 Å². The van der Waals surface area contributed by atoms with Crippen molar-refractivity contribution < 1.29 is 28.9 Å². The molecule has 0 aliphatic carbocycles. The lowest BCUT2D eigenvalue weighted by Crippen LogP contribution is -2.33. The van der Waals surface area contributed by atoms with Gasteiger partial charge in [-0.1, -0.05) is 79.2 Å². The average Bonchev–Trinajstić information content (AvgIpc) is 3.67. The molecule has 0 fully saturated rings. The van der Waals surface area contributed by atoms with Crippen molar-refractivity contribution in [2.45, 2.75) is 65.1 Å². The molecule has 0 saturated carbocycles. The van der Waals surface area contributed by atoms with Gasteiger partial charge >= 0.3 is 0 Å². The summed E-state index contributed by atoms with van der Waals surface area (Å²) in [4.78, 5) is 25.8. The second kappa shape index (κ2) is 21.3. The summed E-state index contributed by atoms with van der Waals surface area (Å²) in [6.45, 7) is 13.5. The van der Waals surface area contributed by atoms with E-state index in [9.17, 15) is 9.59 Å². The molecule has 2 heterocycles. The molecule has 0 saturated heterocycles. The van der Waals surface area contributed by atoms with Crippen molar-refractivity contribution in [1.82, 2.24) is 20.4 Å². The Bertz CT molecular complexity index is 1290. The quantitative estimate of drug-likeness (QED) is 0.0922. The number of rotatable bonds is 22. The van der Waals surface area contributed by atoms with E-state index in [1.807, 2.05) is 26.0 Å². The lowest BCUT2D eigenvalue weighted by molar-refractivity contribution is -0.126. The normalized spacial score (nSPS) is 13.5. The van der Waals surface area contributed by atoms with Crippen LogP contribution in [-0.4, -0.2) is 76.1 Å². The van der Waals surface area contributed by atoms with Gasteiger partial charge in [0.25, 0.3) is 11.8 Å². The Morgan fingerprint density at radius 3 is 1.89 bits per heavy atom. The molecule has 0 radical (unpaired) electrons. The molecule has 0 aliphatic rings. The predicted octanol–water partition coefficient (Wildman–Crippen LogP) is 4.80. The first kappa shape index (κ1) is 36.8. The SMILES string of the molecule is C=C/C(=C\C=C/C)C(OCCC)C(=O)Nc1nnc(CCCCc2nnc(NC(=O)C(OCCOCO)/C(C=C)=C/C)s2)s1. The zero-order valence-electron chi connectivity index (χ0n) is 25.5. The van der Waals surface area contributed by atoms with Gasteiger partial charge in [0.05, 0.1) is 13.2 Å². The summed E-state index contributed by atoms with van der Waals surface area (Å²) in [5.41, 5.74) is 1.26. The fourth-order valence-corrected chi connectivity index (χ4v) is 5.29. The summed E-state index contributed by atoms with van der Waals surface area (Å²) in [7, 11) is 0. The first-order valence-electron chi connectivity index (χ1n) is 14.3. The molecule has 2 rings (SSSR count). The van der Waals surface area contributed by atoms with Gasteiger partial charge in [-0.05, 0) is 44.3 Å². The molecule has 240 valence electrons. The smallest absolute Gasteiger partial charge is 0.259 e. The highest BCUT2D eigenvalue weighted by molar-refractivity contribution is 7.15. The Hall–Kier alpha value is -3.40. The lowest BCUT2D eigenvalue weighted by Gasteiger charge is -2.17. The number of aliphatic hydroxyl groups excluding tert-OH is 1. The molecule has 2 unspecified atom stereocenters. The Labute approximate surface area is 266 Å². The van der Waals surface area contributed by atoms with E-state index in [4.69, 9.17) is 19.3 Å². The maximum absolute atomic E-state index is 13.0. The second-order valence-electron chi connectivity index (χ2n) is 9.12. The highest BCUT2D eigenvalue weighted by Gasteiger charge is 2.24. The molecule has 0 aromatic carbocycles. The molecular formula is C30H42N6O6S2. The van der Waals surface area contributed by atoms with Gasteiger partial charge < -0.3 is 19.3 Å². The zero-order chi connectivity index (χ0) is 32.2. The zero-order valence-corrected chi connectivity index (χ0v) is 27.1. The number of aryl methyl sites for hydroxylation is 2. The van der Waals surface area contributed by atoms with E-state index < -0.39 is 24.9 Å². The number of unbranched alkanes of at least 4 members (excludes halogenated alkanes) is 1. The van der Waals surface area contributed by atoms with Crippen LogP contribution in [0, 0.1) is 0 Å². The summed E-state index contributed by atoms with van der Waals surface area (Å²) in [6.07, 6.45) is 12.5. The molecule has 2 amide bonds. The number of nitrogens with zero attached hydrogens (tertiary/aromatic N) is 4. The van der Waals surface area contributed by atoms with E-state index in [-0.39, 0.29) is 19.1 Å². The fourth-order valence-electron chi connectivity index (χ4n) is 3.72. The number of aromatic nitrogens is 4. The third-order valence-electron chi connectivity index (χ3n) is 5.88. The van der Waals surface area contributed by atoms with Crippen LogP contribution >= 0.6 is 22.7 Å². The number of nitrogens with one attached hydrogen (secondary N) is 2. The Kier molecular flexibility index (Phi) is 17.8. The Morgan fingerprint density at radius 1 is 0.864 bits per heavy atom. The van der Waals surface area contributed by atoms with Gasteiger partial charge in [0.2, 0.25) is 10.3 Å². The number of hydrogen-bond donors (Lipinski definition) is 3. The van der Waals surface area contributed by atoms with Crippen LogP contribution in [0.3, 0.4) is 0 Å². The van der Waals surface area contributed by atoms with E-state index >= 15 is 0 Å². The molecule has 2 aromatic rings. The molecular weight excluding hydrogens is 605 g/mol.